The summed E-state index contributed by atoms with van der Waals surface area (Å²) in [6.45, 7) is 1.19. The number of allylic oxidation sites excluding steroid dienone is 1. The van der Waals surface area contributed by atoms with E-state index in [0.29, 0.717) is 0 Å². The van der Waals surface area contributed by atoms with Crippen molar-refractivity contribution in [3.05, 3.63) is 41.0 Å². The van der Waals surface area contributed by atoms with Gasteiger partial charge in [0.2, 0.25) is 0 Å². The largest absolute Gasteiger partial charge is 0.309 e. The lowest BCUT2D eigenvalue weighted by atomic mass is 10.1. The van der Waals surface area contributed by atoms with Gasteiger partial charge in [-0.05, 0) is 51.0 Å². The van der Waals surface area contributed by atoms with Gasteiger partial charge in [-0.25, -0.2) is 0 Å². The van der Waals surface area contributed by atoms with E-state index in [4.69, 9.17) is 0 Å². The van der Waals surface area contributed by atoms with Crippen LogP contribution in [-0.4, -0.2) is 25.5 Å². The van der Waals surface area contributed by atoms with Crippen LogP contribution in [0.25, 0.3) is 6.08 Å². The summed E-state index contributed by atoms with van der Waals surface area (Å²) < 4.78 is 0. The van der Waals surface area contributed by atoms with E-state index in [1.807, 2.05) is 0 Å². The second-order valence-electron chi connectivity index (χ2n) is 4.59. The Morgan fingerprint density at radius 3 is 2.73 bits per heavy atom. The summed E-state index contributed by atoms with van der Waals surface area (Å²) in [5.74, 6) is 0. The van der Waals surface area contributed by atoms with E-state index in [0.717, 1.165) is 0 Å². The van der Waals surface area contributed by atoms with E-state index in [-0.39, 0.29) is 0 Å². The molecule has 0 unspecified atom stereocenters. The van der Waals surface area contributed by atoms with Gasteiger partial charge in [0, 0.05) is 0 Å². The Kier molecular flexibility index (Phi) is 3.22. The second kappa shape index (κ2) is 4.63. The van der Waals surface area contributed by atoms with Crippen LogP contribution in [0.4, 0.5) is 0 Å². The molecule has 0 bridgehead atoms. The van der Waals surface area contributed by atoms with Crippen LogP contribution < -0.4 is 0 Å². The van der Waals surface area contributed by atoms with Crippen molar-refractivity contribution >= 4 is 6.08 Å². The Balaban J connectivity index is 1.88. The zero-order valence-electron chi connectivity index (χ0n) is 9.66. The summed E-state index contributed by atoms with van der Waals surface area (Å²) in [4.78, 5) is 2.25. The molecule has 0 fully saturated rings. The van der Waals surface area contributed by atoms with Crippen molar-refractivity contribution in [1.29, 1.82) is 0 Å². The highest BCUT2D eigenvalue weighted by Gasteiger charge is 2.10. The number of hydrogen-bond donors (Lipinski definition) is 0. The number of nitrogens with zero attached hydrogens (tertiary/aromatic N) is 1. The number of rotatable bonds is 4. The standard InChI is InChI=1S/C14H19N/c1-15(2)9-5-6-12-10-13-7-3-4-8-14(13)11-12/h3-4,7-8,10H,5-6,9,11H2,1-2H3. The topological polar surface area (TPSA) is 3.24 Å². The van der Waals surface area contributed by atoms with E-state index >= 15 is 0 Å². The molecule has 1 heteroatoms. The molecule has 0 saturated carbocycles. The van der Waals surface area contributed by atoms with Crippen molar-refractivity contribution in [2.24, 2.45) is 0 Å². The quantitative estimate of drug-likeness (QED) is 0.724. The first-order valence-electron chi connectivity index (χ1n) is 5.68. The Bertz CT molecular complexity index is 363. The Labute approximate surface area is 92.4 Å². The average molecular weight is 201 g/mol. The highest BCUT2D eigenvalue weighted by atomic mass is 15.0. The van der Waals surface area contributed by atoms with Gasteiger partial charge in [0.05, 0.1) is 0 Å². The van der Waals surface area contributed by atoms with Crippen molar-refractivity contribution in [2.45, 2.75) is 19.3 Å². The minimum Gasteiger partial charge on any atom is -0.309 e. The van der Waals surface area contributed by atoms with Crippen LogP contribution in [0.15, 0.2) is 29.8 Å². The molecule has 0 saturated heterocycles. The predicted molar refractivity (Wildman–Crippen MR) is 65.9 cm³/mol. The maximum absolute atomic E-state index is 2.37. The second-order valence-corrected chi connectivity index (χ2v) is 4.59. The molecule has 0 atom stereocenters. The summed E-state index contributed by atoms with van der Waals surface area (Å²) in [7, 11) is 4.27. The smallest absolute Gasteiger partial charge is 0.00218 e. The Morgan fingerprint density at radius 1 is 1.20 bits per heavy atom. The molecule has 0 amide bonds. The van der Waals surface area contributed by atoms with Gasteiger partial charge in [-0.1, -0.05) is 35.9 Å². The van der Waals surface area contributed by atoms with E-state index in [1.54, 1.807) is 5.57 Å². The van der Waals surface area contributed by atoms with Gasteiger partial charge in [-0.3, -0.25) is 0 Å². The first-order valence-corrected chi connectivity index (χ1v) is 5.68. The van der Waals surface area contributed by atoms with Gasteiger partial charge in [0.1, 0.15) is 0 Å². The molecule has 0 aliphatic heterocycles. The third-order valence-electron chi connectivity index (χ3n) is 2.94. The zero-order valence-corrected chi connectivity index (χ0v) is 9.66. The summed E-state index contributed by atoms with van der Waals surface area (Å²) in [6, 6.07) is 8.71. The van der Waals surface area contributed by atoms with Crippen molar-refractivity contribution in [1.82, 2.24) is 4.90 Å². The summed E-state index contributed by atoms with van der Waals surface area (Å²) in [5, 5.41) is 0. The fourth-order valence-corrected chi connectivity index (χ4v) is 2.13. The van der Waals surface area contributed by atoms with Gasteiger partial charge in [-0.2, -0.15) is 0 Å². The first-order chi connectivity index (χ1) is 7.25. The molecule has 0 spiro atoms. The predicted octanol–water partition coefficient (Wildman–Crippen LogP) is 2.97. The zero-order chi connectivity index (χ0) is 10.7. The molecule has 0 aromatic heterocycles. The number of hydrogen-bond acceptors (Lipinski definition) is 1. The van der Waals surface area contributed by atoms with Gasteiger partial charge in [0.25, 0.3) is 0 Å². The Morgan fingerprint density at radius 2 is 2.00 bits per heavy atom. The summed E-state index contributed by atoms with van der Waals surface area (Å²) in [6.07, 6.45) is 6.05. The maximum Gasteiger partial charge on any atom is -0.00218 e. The van der Waals surface area contributed by atoms with Crippen LogP contribution in [-0.2, 0) is 6.42 Å². The molecule has 1 aliphatic rings. The fraction of sp³-hybridized carbons (Fsp3) is 0.429. The van der Waals surface area contributed by atoms with Gasteiger partial charge in [-0.15, -0.1) is 0 Å². The van der Waals surface area contributed by atoms with Crippen molar-refractivity contribution < 1.29 is 0 Å². The van der Waals surface area contributed by atoms with E-state index in [2.05, 4.69) is 49.3 Å². The fourth-order valence-electron chi connectivity index (χ4n) is 2.13. The third kappa shape index (κ3) is 2.69. The normalized spacial score (nSPS) is 14.2. The van der Waals surface area contributed by atoms with Crippen LogP contribution in [0.5, 0.6) is 0 Å². The van der Waals surface area contributed by atoms with E-state index < -0.39 is 0 Å². The lowest BCUT2D eigenvalue weighted by molar-refractivity contribution is 0.400. The maximum atomic E-state index is 2.37. The molecule has 1 aliphatic carbocycles. The van der Waals surface area contributed by atoms with Crippen LogP contribution >= 0.6 is 0 Å². The summed E-state index contributed by atoms with van der Waals surface area (Å²) >= 11 is 0. The van der Waals surface area contributed by atoms with Gasteiger partial charge < -0.3 is 4.90 Å². The van der Waals surface area contributed by atoms with Crippen molar-refractivity contribution in [2.75, 3.05) is 20.6 Å². The van der Waals surface area contributed by atoms with E-state index in [9.17, 15) is 0 Å². The Hall–Kier alpha value is -1.08. The molecule has 0 N–H and O–H groups in total. The van der Waals surface area contributed by atoms with Crippen LogP contribution in [0.3, 0.4) is 0 Å². The van der Waals surface area contributed by atoms with E-state index in [1.165, 1.54) is 36.9 Å². The number of fused-ring (bicyclic) bond motifs is 1. The highest BCUT2D eigenvalue weighted by Crippen LogP contribution is 2.27. The van der Waals surface area contributed by atoms with Crippen molar-refractivity contribution in [3.8, 4) is 0 Å². The number of benzene rings is 1. The molecular formula is C14H19N. The average Bonchev–Trinajstić information content (AvgIpc) is 2.59. The van der Waals surface area contributed by atoms with Crippen molar-refractivity contribution in [3.63, 3.8) is 0 Å². The van der Waals surface area contributed by atoms with Gasteiger partial charge in [0.15, 0.2) is 0 Å². The summed E-state index contributed by atoms with van der Waals surface area (Å²) in [5.41, 5.74) is 4.52. The lowest BCUT2D eigenvalue weighted by Gasteiger charge is -2.09. The van der Waals surface area contributed by atoms with Crippen LogP contribution in [0.2, 0.25) is 0 Å². The molecule has 1 aromatic carbocycles. The molecule has 1 nitrogen and oxygen atoms in total. The van der Waals surface area contributed by atoms with Crippen LogP contribution in [0, 0.1) is 0 Å². The minimum atomic E-state index is 1.17. The first kappa shape index (κ1) is 10.4. The molecular weight excluding hydrogens is 182 g/mol. The highest BCUT2D eigenvalue weighted by molar-refractivity contribution is 5.63. The lowest BCUT2D eigenvalue weighted by Crippen LogP contribution is -2.12. The minimum absolute atomic E-state index is 1.17. The monoisotopic (exact) mass is 201 g/mol. The molecule has 80 valence electrons. The third-order valence-corrected chi connectivity index (χ3v) is 2.94. The molecule has 15 heavy (non-hydrogen) atoms. The molecule has 0 heterocycles. The molecule has 1 aromatic rings. The van der Waals surface area contributed by atoms with Gasteiger partial charge >= 0.3 is 0 Å². The molecule has 2 rings (SSSR count). The van der Waals surface area contributed by atoms with Crippen LogP contribution in [0.1, 0.15) is 24.0 Å². The SMILES string of the molecule is CN(C)CCCC1=Cc2ccccc2C1. The molecule has 0 radical (unpaired) electrons.